The number of hydrogen-bond donors (Lipinski definition) is 0. The predicted octanol–water partition coefficient (Wildman–Crippen LogP) is 4.35. The van der Waals surface area contributed by atoms with E-state index in [0.717, 1.165) is 35.9 Å². The zero-order chi connectivity index (χ0) is 20.3. The van der Waals surface area contributed by atoms with Crippen LogP contribution in [0.5, 0.6) is 0 Å². The van der Waals surface area contributed by atoms with E-state index in [1.807, 2.05) is 36.4 Å². The van der Waals surface area contributed by atoms with Gasteiger partial charge in [-0.3, -0.25) is 4.98 Å². The van der Waals surface area contributed by atoms with Gasteiger partial charge in [-0.2, -0.15) is 4.98 Å². The van der Waals surface area contributed by atoms with Crippen molar-refractivity contribution in [1.82, 2.24) is 15.1 Å². The van der Waals surface area contributed by atoms with Gasteiger partial charge in [0.05, 0.1) is 25.1 Å². The zero-order valence-electron chi connectivity index (χ0n) is 16.4. The Bertz CT molecular complexity index is 1060. The van der Waals surface area contributed by atoms with Gasteiger partial charge in [0.25, 0.3) is 5.84 Å². The van der Waals surface area contributed by atoms with Crippen LogP contribution in [0.2, 0.25) is 5.02 Å². The number of amidine groups is 2. The van der Waals surface area contributed by atoms with Crippen LogP contribution < -0.4 is 0 Å². The Kier molecular flexibility index (Phi) is 5.51. The third-order valence-corrected chi connectivity index (χ3v) is 5.53. The Balaban J connectivity index is 1.50. The molecular weight excluding hydrogens is 388 g/mol. The molecule has 0 spiro atoms. The number of halogens is 1. The largest absolute Gasteiger partial charge is 0.339 e. The minimum atomic E-state index is 0.538. The molecule has 3 heterocycles. The highest BCUT2D eigenvalue weighted by Crippen LogP contribution is 2.25. The molecule has 3 aromatic rings. The Morgan fingerprint density at radius 3 is 2.48 bits per heavy atom. The fraction of sp³-hybridized carbons (Fsp3) is 0.286. The van der Waals surface area contributed by atoms with Gasteiger partial charge in [-0.05, 0) is 38.1 Å². The van der Waals surface area contributed by atoms with E-state index in [-0.39, 0.29) is 0 Å². The van der Waals surface area contributed by atoms with Crippen LogP contribution in [-0.4, -0.2) is 44.4 Å². The number of aryl methyl sites for hydroxylation is 1. The molecule has 1 aliphatic heterocycles. The lowest BCUT2D eigenvalue weighted by Crippen LogP contribution is -2.55. The summed E-state index contributed by atoms with van der Waals surface area (Å²) < 4.78 is 6.08. The molecule has 7 nitrogen and oxygen atoms in total. The van der Waals surface area contributed by atoms with Crippen molar-refractivity contribution in [3.8, 4) is 11.4 Å². The lowest BCUT2D eigenvalue weighted by atomic mass is 10.1. The molecule has 0 N–H and O–H groups in total. The SMILES string of the molecule is CC[N+]1(CC)C(CCc2nc(-c3cccc(Cl)c3)no2)=NN=C1c1ccncc1. The van der Waals surface area contributed by atoms with Gasteiger partial charge < -0.3 is 4.52 Å². The zero-order valence-corrected chi connectivity index (χ0v) is 17.2. The van der Waals surface area contributed by atoms with Crippen molar-refractivity contribution in [3.63, 3.8) is 0 Å². The molecule has 4 rings (SSSR count). The molecule has 8 heteroatoms. The first kappa shape index (κ1) is 19.4. The van der Waals surface area contributed by atoms with Crippen LogP contribution in [0.4, 0.5) is 0 Å². The molecule has 0 radical (unpaired) electrons. The third-order valence-electron chi connectivity index (χ3n) is 5.29. The van der Waals surface area contributed by atoms with Crippen LogP contribution in [0.1, 0.15) is 31.7 Å². The topological polar surface area (TPSA) is 76.5 Å². The number of benzene rings is 1. The summed E-state index contributed by atoms with van der Waals surface area (Å²) in [4.78, 5) is 8.62. The van der Waals surface area contributed by atoms with Crippen LogP contribution >= 0.6 is 11.6 Å². The maximum absolute atomic E-state index is 6.06. The van der Waals surface area contributed by atoms with Crippen LogP contribution in [0.25, 0.3) is 11.4 Å². The summed E-state index contributed by atoms with van der Waals surface area (Å²) >= 11 is 6.06. The molecule has 0 saturated heterocycles. The van der Waals surface area contributed by atoms with E-state index < -0.39 is 0 Å². The third kappa shape index (κ3) is 3.71. The van der Waals surface area contributed by atoms with Gasteiger partial charge >= 0.3 is 0 Å². The first-order valence-electron chi connectivity index (χ1n) is 9.68. The van der Waals surface area contributed by atoms with Crippen LogP contribution in [0, 0.1) is 0 Å². The minimum absolute atomic E-state index is 0.538. The molecular formula is C21H22ClN6O+. The van der Waals surface area contributed by atoms with Gasteiger partial charge in [0.1, 0.15) is 0 Å². The number of pyridine rings is 1. The van der Waals surface area contributed by atoms with E-state index >= 15 is 0 Å². The lowest BCUT2D eigenvalue weighted by Gasteiger charge is -2.32. The molecule has 1 aromatic carbocycles. The van der Waals surface area contributed by atoms with Crippen molar-refractivity contribution in [2.24, 2.45) is 10.2 Å². The molecule has 0 aliphatic carbocycles. The maximum Gasteiger partial charge on any atom is 0.260 e. The molecule has 1 aliphatic rings. The number of hydrogen-bond acceptors (Lipinski definition) is 6. The molecule has 0 atom stereocenters. The highest BCUT2D eigenvalue weighted by molar-refractivity contribution is 6.30. The quantitative estimate of drug-likeness (QED) is 0.543. The van der Waals surface area contributed by atoms with Crippen molar-refractivity contribution in [1.29, 1.82) is 0 Å². The molecule has 148 valence electrons. The normalized spacial score (nSPS) is 15.3. The van der Waals surface area contributed by atoms with Gasteiger partial charge in [-0.25, -0.2) is 4.48 Å². The Labute approximate surface area is 174 Å². The fourth-order valence-electron chi connectivity index (χ4n) is 3.68. The maximum atomic E-state index is 6.06. The van der Waals surface area contributed by atoms with E-state index in [4.69, 9.17) is 16.1 Å². The number of aromatic nitrogens is 3. The molecule has 0 fully saturated rings. The van der Waals surface area contributed by atoms with Gasteiger partial charge in [-0.15, -0.1) is 0 Å². The van der Waals surface area contributed by atoms with E-state index in [2.05, 4.69) is 39.2 Å². The Hall–Kier alpha value is -2.90. The average molecular weight is 410 g/mol. The van der Waals surface area contributed by atoms with E-state index in [9.17, 15) is 0 Å². The van der Waals surface area contributed by atoms with Crippen LogP contribution in [0.3, 0.4) is 0 Å². The standard InChI is InChI=1S/C21H22ClN6O/c1-3-28(4-2)18(25-26-21(28)15-10-12-23-13-11-15)8-9-19-24-20(27-29-19)16-6-5-7-17(22)14-16/h5-7,10-14H,3-4,8-9H2,1-2H3/q+1. The van der Waals surface area contributed by atoms with Crippen molar-refractivity contribution >= 4 is 23.3 Å². The number of nitrogens with zero attached hydrogens (tertiary/aromatic N) is 6. The smallest absolute Gasteiger partial charge is 0.260 e. The predicted molar refractivity (Wildman–Crippen MR) is 113 cm³/mol. The Morgan fingerprint density at radius 1 is 0.966 bits per heavy atom. The first-order chi connectivity index (χ1) is 14.2. The monoisotopic (exact) mass is 409 g/mol. The van der Waals surface area contributed by atoms with Crippen LogP contribution in [0.15, 0.2) is 63.5 Å². The van der Waals surface area contributed by atoms with Gasteiger partial charge in [0, 0.05) is 29.4 Å². The van der Waals surface area contributed by atoms with Gasteiger partial charge in [-0.1, -0.05) is 39.1 Å². The number of quaternary nitrogens is 1. The first-order valence-corrected chi connectivity index (χ1v) is 10.1. The lowest BCUT2D eigenvalue weighted by molar-refractivity contribution is -0.742. The second-order valence-corrected chi connectivity index (χ2v) is 7.23. The summed E-state index contributed by atoms with van der Waals surface area (Å²) in [6.07, 6.45) is 4.86. The highest BCUT2D eigenvalue weighted by atomic mass is 35.5. The second-order valence-electron chi connectivity index (χ2n) is 6.80. The van der Waals surface area contributed by atoms with Crippen LogP contribution in [-0.2, 0) is 6.42 Å². The Morgan fingerprint density at radius 2 is 1.76 bits per heavy atom. The average Bonchev–Trinajstić information content (AvgIpc) is 3.37. The molecule has 2 aromatic heterocycles. The summed E-state index contributed by atoms with van der Waals surface area (Å²) in [7, 11) is 0. The second kappa shape index (κ2) is 8.23. The summed E-state index contributed by atoms with van der Waals surface area (Å²) in [5, 5.41) is 13.8. The van der Waals surface area contributed by atoms with Crippen molar-refractivity contribution < 1.29 is 9.01 Å². The molecule has 29 heavy (non-hydrogen) atoms. The van der Waals surface area contributed by atoms with Crippen molar-refractivity contribution in [2.75, 3.05) is 13.1 Å². The van der Waals surface area contributed by atoms with Gasteiger partial charge in [0.15, 0.2) is 0 Å². The molecule has 0 amide bonds. The summed E-state index contributed by atoms with van der Waals surface area (Å²) in [6.45, 7) is 6.05. The van der Waals surface area contributed by atoms with Gasteiger partial charge in [0.2, 0.25) is 17.6 Å². The van der Waals surface area contributed by atoms with E-state index in [1.54, 1.807) is 12.4 Å². The van der Waals surface area contributed by atoms with Crippen molar-refractivity contribution in [3.05, 3.63) is 65.3 Å². The summed E-state index contributed by atoms with van der Waals surface area (Å²) in [5.41, 5.74) is 1.88. The number of rotatable bonds is 7. The minimum Gasteiger partial charge on any atom is -0.339 e. The summed E-state index contributed by atoms with van der Waals surface area (Å²) in [6, 6.07) is 11.4. The molecule has 0 saturated carbocycles. The molecule has 0 bridgehead atoms. The highest BCUT2D eigenvalue weighted by Gasteiger charge is 2.42. The van der Waals surface area contributed by atoms with Crippen molar-refractivity contribution in [2.45, 2.75) is 26.7 Å². The summed E-state index contributed by atoms with van der Waals surface area (Å²) in [5.74, 6) is 3.07. The van der Waals surface area contributed by atoms with E-state index in [1.165, 1.54) is 0 Å². The fourth-order valence-corrected chi connectivity index (χ4v) is 3.87. The molecule has 0 unspecified atom stereocenters. The van der Waals surface area contributed by atoms with E-state index in [0.29, 0.717) is 34.1 Å².